The number of rotatable bonds is 8. The van der Waals surface area contributed by atoms with Crippen LogP contribution in [-0.2, 0) is 6.42 Å². The van der Waals surface area contributed by atoms with Crippen LogP contribution in [0.2, 0.25) is 0 Å². The number of aromatic nitrogens is 1. The molecular formula is C58H42BN3S. The first kappa shape index (κ1) is 36.3. The molecule has 3 nitrogen and oxygen atoms in total. The number of hydrogen-bond acceptors (Lipinski definition) is 3. The van der Waals surface area contributed by atoms with Gasteiger partial charge in [0.2, 0.25) is 0 Å². The molecule has 63 heavy (non-hydrogen) atoms. The van der Waals surface area contributed by atoms with Gasteiger partial charge in [0.05, 0.1) is 11.0 Å². The second-order valence-corrected chi connectivity index (χ2v) is 18.2. The Labute approximate surface area is 371 Å². The van der Waals surface area contributed by atoms with Gasteiger partial charge in [0.15, 0.2) is 0 Å². The fourth-order valence-corrected chi connectivity index (χ4v) is 11.9. The van der Waals surface area contributed by atoms with Crippen LogP contribution in [0.3, 0.4) is 0 Å². The van der Waals surface area contributed by atoms with E-state index in [2.05, 4.69) is 221 Å². The van der Waals surface area contributed by atoms with E-state index >= 15 is 0 Å². The molecule has 2 aliphatic rings. The molecule has 11 aromatic rings. The predicted octanol–water partition coefficient (Wildman–Crippen LogP) is 14.9. The Balaban J connectivity index is 1.19. The van der Waals surface area contributed by atoms with Crippen molar-refractivity contribution in [1.82, 2.24) is 4.57 Å². The van der Waals surface area contributed by atoms with E-state index in [1.54, 1.807) is 0 Å². The van der Waals surface area contributed by atoms with Crippen LogP contribution in [0.5, 0.6) is 0 Å². The number of nitrogens with zero attached hydrogens (tertiary/aromatic N) is 3. The molecule has 0 fully saturated rings. The normalized spacial score (nSPS) is 12.7. The Morgan fingerprint density at radius 1 is 0.492 bits per heavy atom. The number of aryl methyl sites for hydroxylation is 1. The van der Waals surface area contributed by atoms with Gasteiger partial charge < -0.3 is 14.3 Å². The zero-order valence-electron chi connectivity index (χ0n) is 35.0. The molecule has 0 N–H and O–H groups in total. The number of benzene rings is 9. The molecular weight excluding hydrogens is 782 g/mol. The quantitative estimate of drug-likeness (QED) is 0.141. The average Bonchev–Trinajstić information content (AvgIpc) is 3.89. The maximum Gasteiger partial charge on any atom is 0.333 e. The molecule has 0 bridgehead atoms. The van der Waals surface area contributed by atoms with Crippen molar-refractivity contribution in [3.8, 4) is 27.9 Å². The first-order valence-corrected chi connectivity index (χ1v) is 23.1. The second kappa shape index (κ2) is 14.4. The summed E-state index contributed by atoms with van der Waals surface area (Å²) in [5, 5.41) is 5.17. The largest absolute Gasteiger partial charge is 0.376 e. The van der Waals surface area contributed by atoms with Crippen LogP contribution in [0, 0.1) is 0 Å². The SMILES string of the molecule is CCCCc1ccc(N2B3c4c(cc(N(c5ccccc5)c5ccccc5)cc4-n4c5ccccc5c5cccc3c54)-c3cc4sc5ccccc5c4cc32)c(-c2ccccc2)c1. The lowest BCUT2D eigenvalue weighted by Gasteiger charge is -2.43. The first-order valence-electron chi connectivity index (χ1n) is 22.3. The minimum atomic E-state index is -0.106. The summed E-state index contributed by atoms with van der Waals surface area (Å²) < 4.78 is 5.20. The monoisotopic (exact) mass is 823 g/mol. The number of unbranched alkanes of at least 4 members (excludes halogenated alkanes) is 1. The van der Waals surface area contributed by atoms with Gasteiger partial charge >= 0.3 is 6.85 Å². The maximum atomic E-state index is 2.72. The first-order chi connectivity index (χ1) is 31.2. The number of thiophene rings is 1. The van der Waals surface area contributed by atoms with E-state index in [9.17, 15) is 0 Å². The average molecular weight is 824 g/mol. The van der Waals surface area contributed by atoms with Gasteiger partial charge in [0.25, 0.3) is 0 Å². The van der Waals surface area contributed by atoms with Crippen LogP contribution in [-0.4, -0.2) is 11.4 Å². The van der Waals surface area contributed by atoms with E-state index in [-0.39, 0.29) is 6.85 Å². The molecule has 0 saturated heterocycles. The van der Waals surface area contributed by atoms with E-state index in [0.29, 0.717) is 0 Å². The molecule has 298 valence electrons. The zero-order valence-corrected chi connectivity index (χ0v) is 35.8. The van der Waals surface area contributed by atoms with E-state index in [1.165, 1.54) is 111 Å². The third kappa shape index (κ3) is 5.52. The van der Waals surface area contributed by atoms with Gasteiger partial charge in [-0.15, -0.1) is 11.3 Å². The Morgan fingerprint density at radius 3 is 1.97 bits per heavy atom. The highest BCUT2D eigenvalue weighted by molar-refractivity contribution is 7.25. The van der Waals surface area contributed by atoms with Crippen molar-refractivity contribution in [3.05, 3.63) is 206 Å². The van der Waals surface area contributed by atoms with Crippen LogP contribution in [0.4, 0.5) is 28.4 Å². The lowest BCUT2D eigenvalue weighted by Crippen LogP contribution is -2.60. The van der Waals surface area contributed by atoms with E-state index in [0.717, 1.165) is 23.5 Å². The van der Waals surface area contributed by atoms with E-state index in [4.69, 9.17) is 0 Å². The van der Waals surface area contributed by atoms with Gasteiger partial charge in [0.1, 0.15) is 0 Å². The Kier molecular flexibility index (Phi) is 8.29. The maximum absolute atomic E-state index is 2.72. The number of anilines is 5. The summed E-state index contributed by atoms with van der Waals surface area (Å²) in [6.07, 6.45) is 3.40. The molecule has 0 aliphatic carbocycles. The highest BCUT2D eigenvalue weighted by Crippen LogP contribution is 2.51. The van der Waals surface area contributed by atoms with Crippen LogP contribution < -0.4 is 20.6 Å². The van der Waals surface area contributed by atoms with Crippen molar-refractivity contribution in [2.24, 2.45) is 0 Å². The fraction of sp³-hybridized carbons (Fsp3) is 0.0690. The van der Waals surface area contributed by atoms with Crippen molar-refractivity contribution in [2.45, 2.75) is 26.2 Å². The van der Waals surface area contributed by atoms with Crippen molar-refractivity contribution in [1.29, 1.82) is 0 Å². The number of para-hydroxylation sites is 4. The lowest BCUT2D eigenvalue weighted by atomic mass is 9.44. The van der Waals surface area contributed by atoms with Gasteiger partial charge in [-0.3, -0.25) is 0 Å². The Hall–Kier alpha value is -7.34. The molecule has 13 rings (SSSR count). The minimum Gasteiger partial charge on any atom is -0.376 e. The summed E-state index contributed by atoms with van der Waals surface area (Å²) in [6, 6.07) is 75.0. The molecule has 9 aromatic carbocycles. The molecule has 5 heteroatoms. The van der Waals surface area contributed by atoms with Gasteiger partial charge in [0, 0.05) is 76.2 Å². The standard InChI is InChI=1S/C58H42BN3S/c1-2-3-18-38-31-32-52(46(33-38)39-19-7-4-8-20-39)62-53-36-48-44-26-14-16-30-55(44)63-56(48)37-47(53)49-34-42(60(40-21-9-5-10-22-40)41-23-11-6-12-24-41)35-54-57(49)59(62)50-28-17-27-45-43-25-13-15-29-51(43)61(54)58(45)50/h4-17,19-37H,2-3,18H2,1H3. The van der Waals surface area contributed by atoms with Gasteiger partial charge in [-0.1, -0.05) is 141 Å². The van der Waals surface area contributed by atoms with E-state index < -0.39 is 0 Å². The molecule has 0 radical (unpaired) electrons. The summed E-state index contributed by atoms with van der Waals surface area (Å²) in [5.41, 5.74) is 18.6. The molecule has 4 heterocycles. The minimum absolute atomic E-state index is 0.106. The summed E-state index contributed by atoms with van der Waals surface area (Å²) in [5.74, 6) is 0. The molecule has 2 aromatic heterocycles. The number of fused-ring (bicyclic) bond motifs is 10. The predicted molar refractivity (Wildman–Crippen MR) is 271 cm³/mol. The highest BCUT2D eigenvalue weighted by Gasteiger charge is 2.45. The third-order valence-corrected chi connectivity index (χ3v) is 14.6. The van der Waals surface area contributed by atoms with Crippen molar-refractivity contribution >= 4 is 99.5 Å². The molecule has 0 atom stereocenters. The zero-order chi connectivity index (χ0) is 41.6. The Bertz CT molecular complexity index is 3530. The van der Waals surface area contributed by atoms with Crippen LogP contribution >= 0.6 is 11.3 Å². The van der Waals surface area contributed by atoms with Gasteiger partial charge in [-0.25, -0.2) is 0 Å². The molecule has 0 unspecified atom stereocenters. The topological polar surface area (TPSA) is 11.4 Å². The smallest absolute Gasteiger partial charge is 0.333 e. The van der Waals surface area contributed by atoms with Crippen molar-refractivity contribution < 1.29 is 0 Å². The second-order valence-electron chi connectivity index (χ2n) is 17.1. The molecule has 0 spiro atoms. The molecule has 0 saturated carbocycles. The fourth-order valence-electron chi connectivity index (χ4n) is 10.7. The van der Waals surface area contributed by atoms with Gasteiger partial charge in [-0.05, 0) is 113 Å². The third-order valence-electron chi connectivity index (χ3n) is 13.5. The van der Waals surface area contributed by atoms with Crippen molar-refractivity contribution in [2.75, 3.05) is 9.71 Å². The highest BCUT2D eigenvalue weighted by atomic mass is 32.1. The lowest BCUT2D eigenvalue weighted by molar-refractivity contribution is 0.795. The summed E-state index contributed by atoms with van der Waals surface area (Å²) in [4.78, 5) is 5.16. The molecule has 0 amide bonds. The summed E-state index contributed by atoms with van der Waals surface area (Å²) in [6.45, 7) is 2.18. The Morgan fingerprint density at radius 2 is 1.19 bits per heavy atom. The van der Waals surface area contributed by atoms with Crippen LogP contribution in [0.1, 0.15) is 25.3 Å². The summed E-state index contributed by atoms with van der Waals surface area (Å²) >= 11 is 1.90. The van der Waals surface area contributed by atoms with Crippen LogP contribution in [0.15, 0.2) is 200 Å². The summed E-state index contributed by atoms with van der Waals surface area (Å²) in [7, 11) is 0. The number of hydrogen-bond donors (Lipinski definition) is 0. The van der Waals surface area contributed by atoms with Crippen LogP contribution in [0.25, 0.3) is 69.9 Å². The van der Waals surface area contributed by atoms with Crippen molar-refractivity contribution in [3.63, 3.8) is 0 Å². The van der Waals surface area contributed by atoms with Gasteiger partial charge in [-0.2, -0.15) is 0 Å². The van der Waals surface area contributed by atoms with E-state index in [1.807, 2.05) is 11.3 Å². The molecule has 2 aliphatic heterocycles.